The summed E-state index contributed by atoms with van der Waals surface area (Å²) in [5.41, 5.74) is 0.0360. The van der Waals surface area contributed by atoms with Crippen LogP contribution in [-0.2, 0) is 24.0 Å². The Morgan fingerprint density at radius 3 is 2.56 bits per heavy atom. The summed E-state index contributed by atoms with van der Waals surface area (Å²) in [6.07, 6.45) is 1.04. The number of ketones is 1. The second-order valence-electron chi connectivity index (χ2n) is 9.68. The van der Waals surface area contributed by atoms with E-state index in [1.807, 2.05) is 13.8 Å². The molecule has 10 nitrogen and oxygen atoms in total. The predicted molar refractivity (Wildman–Crippen MR) is 127 cm³/mol. The number of hydrogen-bond acceptors (Lipinski definition) is 7. The van der Waals surface area contributed by atoms with E-state index in [1.165, 1.54) is 28.5 Å². The van der Waals surface area contributed by atoms with E-state index in [0.29, 0.717) is 24.3 Å². The first-order valence-electron chi connectivity index (χ1n) is 11.6. The van der Waals surface area contributed by atoms with Crippen LogP contribution in [0, 0.1) is 17.8 Å². The average Bonchev–Trinajstić information content (AvgIpc) is 3.29. The number of carbonyl (C=O) groups excluding carboxylic acids is 4. The van der Waals surface area contributed by atoms with Crippen LogP contribution in [0.5, 0.6) is 0 Å². The van der Waals surface area contributed by atoms with Crippen LogP contribution in [-0.4, -0.2) is 88.9 Å². The number of rotatable bonds is 10. The van der Waals surface area contributed by atoms with Crippen molar-refractivity contribution in [3.8, 4) is 0 Å². The van der Waals surface area contributed by atoms with Gasteiger partial charge in [0.1, 0.15) is 11.5 Å². The molecule has 2 saturated heterocycles. The molecule has 0 saturated carbocycles. The van der Waals surface area contributed by atoms with Gasteiger partial charge in [-0.3, -0.25) is 14.4 Å². The average molecular weight is 495 g/mol. The summed E-state index contributed by atoms with van der Waals surface area (Å²) in [4.78, 5) is 64.2. The van der Waals surface area contributed by atoms with E-state index in [0.717, 1.165) is 0 Å². The SMILES string of the molecule is CC(=O)C[C@H](C)[C@H]1C(=O)N2C(C(=O)O)=C(S[C@@H]3CN[C@H](C(=O)NCCC(=O)N(C)C)C3)[C@H](C)[C@H]12. The molecule has 0 aromatic carbocycles. The lowest BCUT2D eigenvalue weighted by Crippen LogP contribution is -2.62. The summed E-state index contributed by atoms with van der Waals surface area (Å²) in [6.45, 7) is 6.10. The van der Waals surface area contributed by atoms with Crippen LogP contribution >= 0.6 is 11.8 Å². The fourth-order valence-electron chi connectivity index (χ4n) is 5.16. The van der Waals surface area contributed by atoms with Crippen molar-refractivity contribution in [2.24, 2.45) is 17.8 Å². The van der Waals surface area contributed by atoms with E-state index >= 15 is 0 Å². The van der Waals surface area contributed by atoms with Gasteiger partial charge in [0.15, 0.2) is 0 Å². The van der Waals surface area contributed by atoms with E-state index in [-0.39, 0.29) is 71.2 Å². The van der Waals surface area contributed by atoms with Gasteiger partial charge in [-0.05, 0) is 19.3 Å². The topological polar surface area (TPSA) is 136 Å². The molecular formula is C23H34N4O6S. The highest BCUT2D eigenvalue weighted by atomic mass is 32.2. The predicted octanol–water partition coefficient (Wildman–Crippen LogP) is 0.433. The molecule has 3 amide bonds. The van der Waals surface area contributed by atoms with Gasteiger partial charge in [-0.2, -0.15) is 0 Å². The van der Waals surface area contributed by atoms with Crippen LogP contribution in [0.3, 0.4) is 0 Å². The fraction of sp³-hybridized carbons (Fsp3) is 0.696. The zero-order valence-electron chi connectivity index (χ0n) is 20.3. The van der Waals surface area contributed by atoms with E-state index in [1.54, 1.807) is 14.1 Å². The zero-order chi connectivity index (χ0) is 25.3. The molecule has 6 atom stereocenters. The number of carboxylic acids is 1. The molecule has 188 valence electrons. The summed E-state index contributed by atoms with van der Waals surface area (Å²) in [5.74, 6) is -2.26. The van der Waals surface area contributed by atoms with Gasteiger partial charge in [0.05, 0.1) is 18.0 Å². The lowest BCUT2D eigenvalue weighted by atomic mass is 9.73. The van der Waals surface area contributed by atoms with Crippen molar-refractivity contribution >= 4 is 41.2 Å². The minimum absolute atomic E-state index is 0.0119. The first-order chi connectivity index (χ1) is 15.9. The highest BCUT2D eigenvalue weighted by molar-refractivity contribution is 8.03. The Labute approximate surface area is 203 Å². The van der Waals surface area contributed by atoms with Crippen LogP contribution in [0.15, 0.2) is 10.6 Å². The van der Waals surface area contributed by atoms with Crippen LogP contribution in [0.25, 0.3) is 0 Å². The number of hydrogen-bond donors (Lipinski definition) is 3. The number of nitrogens with one attached hydrogen (secondary N) is 2. The maximum atomic E-state index is 12.9. The van der Waals surface area contributed by atoms with Crippen molar-refractivity contribution in [3.63, 3.8) is 0 Å². The van der Waals surface area contributed by atoms with Crippen LogP contribution in [0.2, 0.25) is 0 Å². The van der Waals surface area contributed by atoms with Gasteiger partial charge in [-0.1, -0.05) is 13.8 Å². The van der Waals surface area contributed by atoms with Gasteiger partial charge in [0, 0.05) is 56.1 Å². The number of nitrogens with zero attached hydrogens (tertiary/aromatic N) is 2. The largest absolute Gasteiger partial charge is 0.477 e. The van der Waals surface area contributed by atoms with Crippen molar-refractivity contribution in [1.82, 2.24) is 20.4 Å². The standard InChI is InChI=1S/C23H34N4O6S/c1-11(8-12(2)28)17-18-13(3)20(19(23(32)33)27(18)22(17)31)34-14-9-15(25-10-14)21(30)24-7-6-16(29)26(4)5/h11,13-15,17-18,25H,6-10H2,1-5H3,(H,24,30)(H,32,33)/t11-,13+,14-,15-,17+,18+/m0/s1. The highest BCUT2D eigenvalue weighted by Crippen LogP contribution is 2.53. The first-order valence-corrected chi connectivity index (χ1v) is 12.5. The minimum Gasteiger partial charge on any atom is -0.477 e. The normalized spacial score (nSPS) is 28.9. The number of fused-ring (bicyclic) bond motifs is 1. The zero-order valence-corrected chi connectivity index (χ0v) is 21.1. The van der Waals surface area contributed by atoms with Gasteiger partial charge in [0.2, 0.25) is 17.7 Å². The molecule has 0 bridgehead atoms. The number of carbonyl (C=O) groups is 5. The molecule has 0 spiro atoms. The van der Waals surface area contributed by atoms with Crippen molar-refractivity contribution in [3.05, 3.63) is 10.6 Å². The first kappa shape index (κ1) is 26.2. The number of thioether (sulfide) groups is 1. The molecule has 3 aliphatic rings. The molecule has 0 aromatic heterocycles. The van der Waals surface area contributed by atoms with Crippen molar-refractivity contribution < 1.29 is 29.1 Å². The van der Waals surface area contributed by atoms with E-state index in [2.05, 4.69) is 10.6 Å². The molecular weight excluding hydrogens is 460 g/mol. The van der Waals surface area contributed by atoms with Gasteiger partial charge in [-0.25, -0.2) is 4.79 Å². The number of β-lactam (4-membered cyclic amide) rings is 1. The molecule has 2 fully saturated rings. The van der Waals surface area contributed by atoms with Gasteiger partial charge >= 0.3 is 5.97 Å². The molecule has 34 heavy (non-hydrogen) atoms. The Balaban J connectivity index is 1.62. The number of Topliss-reactive ketones (excluding diaryl/α,β-unsaturated/α-hetero) is 1. The fourth-order valence-corrected chi connectivity index (χ4v) is 6.64. The van der Waals surface area contributed by atoms with Crippen molar-refractivity contribution in [2.45, 2.75) is 57.4 Å². The van der Waals surface area contributed by atoms with Gasteiger partial charge < -0.3 is 30.3 Å². The van der Waals surface area contributed by atoms with E-state index < -0.39 is 12.0 Å². The summed E-state index contributed by atoms with van der Waals surface area (Å²) < 4.78 is 0. The van der Waals surface area contributed by atoms with Crippen molar-refractivity contribution in [1.29, 1.82) is 0 Å². The van der Waals surface area contributed by atoms with Gasteiger partial charge in [-0.15, -0.1) is 11.8 Å². The second kappa shape index (κ2) is 10.5. The Morgan fingerprint density at radius 2 is 1.97 bits per heavy atom. The molecule has 3 rings (SSSR count). The van der Waals surface area contributed by atoms with E-state index in [4.69, 9.17) is 0 Å². The molecule has 3 heterocycles. The molecule has 0 radical (unpaired) electrons. The lowest BCUT2D eigenvalue weighted by Gasteiger charge is -2.47. The number of aliphatic carboxylic acids is 1. The summed E-state index contributed by atoms with van der Waals surface area (Å²) in [7, 11) is 3.33. The van der Waals surface area contributed by atoms with Crippen LogP contribution < -0.4 is 10.6 Å². The molecule has 0 aliphatic carbocycles. The van der Waals surface area contributed by atoms with Crippen molar-refractivity contribution in [2.75, 3.05) is 27.2 Å². The third kappa shape index (κ3) is 5.14. The lowest BCUT2D eigenvalue weighted by molar-refractivity contribution is -0.160. The third-order valence-corrected chi connectivity index (χ3v) is 8.36. The maximum Gasteiger partial charge on any atom is 0.353 e. The maximum absolute atomic E-state index is 12.9. The summed E-state index contributed by atoms with van der Waals surface area (Å²) >= 11 is 1.43. The van der Waals surface area contributed by atoms with E-state index in [9.17, 15) is 29.1 Å². The van der Waals surface area contributed by atoms with Crippen LogP contribution in [0.1, 0.15) is 40.0 Å². The molecule has 0 aromatic rings. The monoisotopic (exact) mass is 494 g/mol. The Hall–Kier alpha value is -2.40. The van der Waals surface area contributed by atoms with Gasteiger partial charge in [0.25, 0.3) is 0 Å². The number of amides is 3. The molecule has 3 N–H and O–H groups in total. The Bertz CT molecular complexity index is 919. The second-order valence-corrected chi connectivity index (χ2v) is 11.0. The highest BCUT2D eigenvalue weighted by Gasteiger charge is 2.60. The molecule has 11 heteroatoms. The quantitative estimate of drug-likeness (QED) is 0.372. The third-order valence-electron chi connectivity index (χ3n) is 6.85. The Morgan fingerprint density at radius 1 is 1.29 bits per heavy atom. The summed E-state index contributed by atoms with van der Waals surface area (Å²) in [6, 6.07) is -0.669. The summed E-state index contributed by atoms with van der Waals surface area (Å²) in [5, 5.41) is 15.8. The Kier molecular flexibility index (Phi) is 8.07. The molecule has 0 unspecified atom stereocenters. The molecule has 3 aliphatic heterocycles. The smallest absolute Gasteiger partial charge is 0.353 e. The van der Waals surface area contributed by atoms with Crippen LogP contribution in [0.4, 0.5) is 0 Å². The number of carboxylic acid groups (broad SMARTS) is 1. The minimum atomic E-state index is -1.13.